The molecule has 22 heavy (non-hydrogen) atoms. The van der Waals surface area contributed by atoms with Crippen LogP contribution in [0.4, 0.5) is 4.39 Å². The van der Waals surface area contributed by atoms with Gasteiger partial charge in [0.25, 0.3) is 0 Å². The number of nitriles is 1. The van der Waals surface area contributed by atoms with Gasteiger partial charge >= 0.3 is 0 Å². The van der Waals surface area contributed by atoms with Gasteiger partial charge in [0.1, 0.15) is 5.82 Å². The summed E-state index contributed by atoms with van der Waals surface area (Å²) in [5.74, 6) is -0.222. The number of rotatable bonds is 4. The monoisotopic (exact) mass is 315 g/mol. The Bertz CT molecular complexity index is 655. The topological polar surface area (TPSA) is 30.3 Å². The fourth-order valence-corrected chi connectivity index (χ4v) is 3.41. The Balaban J connectivity index is 1.55. The van der Waals surface area contributed by atoms with Crippen molar-refractivity contribution in [3.8, 4) is 6.07 Å². The van der Waals surface area contributed by atoms with Crippen LogP contribution in [0.3, 0.4) is 0 Å². The van der Waals surface area contributed by atoms with Crippen LogP contribution in [0, 0.1) is 17.1 Å². The minimum absolute atomic E-state index is 0.222. The van der Waals surface area contributed by atoms with Crippen molar-refractivity contribution in [1.29, 1.82) is 5.26 Å². The Morgan fingerprint density at radius 2 is 1.82 bits per heavy atom. The van der Waals surface area contributed by atoms with Gasteiger partial charge in [-0.15, -0.1) is 0 Å². The second-order valence-electron chi connectivity index (χ2n) is 5.60. The summed E-state index contributed by atoms with van der Waals surface area (Å²) in [6, 6.07) is 8.81. The molecule has 1 saturated heterocycles. The quantitative estimate of drug-likeness (QED) is 0.868. The molecule has 1 aliphatic heterocycles. The van der Waals surface area contributed by atoms with E-state index < -0.39 is 0 Å². The maximum absolute atomic E-state index is 13.8. The molecule has 0 N–H and O–H groups in total. The first-order valence-electron chi connectivity index (χ1n) is 7.39. The SMILES string of the molecule is N#Cc1ccc(F)c(CN2CCN(Cc3ccsc3)CC2)c1. The average Bonchev–Trinajstić information content (AvgIpc) is 3.04. The van der Waals surface area contributed by atoms with Crippen molar-refractivity contribution in [1.82, 2.24) is 9.80 Å². The minimum atomic E-state index is -0.222. The summed E-state index contributed by atoms with van der Waals surface area (Å²) in [5.41, 5.74) is 2.50. The van der Waals surface area contributed by atoms with Crippen LogP contribution in [0.5, 0.6) is 0 Å². The molecule has 0 amide bonds. The predicted octanol–water partition coefficient (Wildman–Crippen LogP) is 3.08. The van der Waals surface area contributed by atoms with E-state index in [4.69, 9.17) is 5.26 Å². The third-order valence-corrected chi connectivity index (χ3v) is 4.75. The van der Waals surface area contributed by atoms with Crippen LogP contribution in [-0.4, -0.2) is 36.0 Å². The molecule has 2 aromatic rings. The number of halogens is 1. The van der Waals surface area contributed by atoms with Gasteiger partial charge in [0, 0.05) is 44.8 Å². The van der Waals surface area contributed by atoms with E-state index in [1.54, 1.807) is 17.4 Å². The summed E-state index contributed by atoms with van der Waals surface area (Å²) in [7, 11) is 0. The molecule has 1 fully saturated rings. The van der Waals surface area contributed by atoms with Crippen molar-refractivity contribution in [2.45, 2.75) is 13.1 Å². The van der Waals surface area contributed by atoms with Crippen LogP contribution in [0.25, 0.3) is 0 Å². The van der Waals surface area contributed by atoms with Crippen LogP contribution in [0.1, 0.15) is 16.7 Å². The van der Waals surface area contributed by atoms with E-state index in [1.807, 2.05) is 0 Å². The van der Waals surface area contributed by atoms with Gasteiger partial charge in [-0.05, 0) is 40.6 Å². The smallest absolute Gasteiger partial charge is 0.127 e. The Morgan fingerprint density at radius 3 is 2.45 bits per heavy atom. The first kappa shape index (κ1) is 15.2. The molecule has 0 bridgehead atoms. The van der Waals surface area contributed by atoms with Crippen molar-refractivity contribution < 1.29 is 4.39 Å². The van der Waals surface area contributed by atoms with Crippen LogP contribution in [0.15, 0.2) is 35.0 Å². The first-order valence-corrected chi connectivity index (χ1v) is 8.33. The van der Waals surface area contributed by atoms with Crippen molar-refractivity contribution >= 4 is 11.3 Å². The third-order valence-electron chi connectivity index (χ3n) is 4.02. The first-order chi connectivity index (χ1) is 10.7. The third kappa shape index (κ3) is 3.72. The van der Waals surface area contributed by atoms with Crippen molar-refractivity contribution in [3.63, 3.8) is 0 Å². The molecule has 0 radical (unpaired) electrons. The van der Waals surface area contributed by atoms with Gasteiger partial charge in [-0.2, -0.15) is 16.6 Å². The van der Waals surface area contributed by atoms with E-state index in [-0.39, 0.29) is 5.82 Å². The highest BCUT2D eigenvalue weighted by molar-refractivity contribution is 7.07. The van der Waals surface area contributed by atoms with E-state index in [0.717, 1.165) is 32.7 Å². The molecule has 0 atom stereocenters. The molecule has 114 valence electrons. The number of thiophene rings is 1. The average molecular weight is 315 g/mol. The van der Waals surface area contributed by atoms with Gasteiger partial charge in [0.05, 0.1) is 11.6 Å². The van der Waals surface area contributed by atoms with Gasteiger partial charge in [-0.3, -0.25) is 9.80 Å². The molecule has 1 aromatic carbocycles. The van der Waals surface area contributed by atoms with Gasteiger partial charge in [-0.25, -0.2) is 4.39 Å². The zero-order chi connectivity index (χ0) is 15.4. The zero-order valence-corrected chi connectivity index (χ0v) is 13.2. The van der Waals surface area contributed by atoms with Crippen molar-refractivity contribution in [2.75, 3.05) is 26.2 Å². The molecule has 3 rings (SSSR count). The minimum Gasteiger partial charge on any atom is -0.297 e. The van der Waals surface area contributed by atoms with Gasteiger partial charge < -0.3 is 0 Å². The van der Waals surface area contributed by atoms with Crippen molar-refractivity contribution in [2.24, 2.45) is 0 Å². The van der Waals surface area contributed by atoms with Crippen LogP contribution < -0.4 is 0 Å². The molecule has 2 heterocycles. The molecule has 5 heteroatoms. The lowest BCUT2D eigenvalue weighted by Gasteiger charge is -2.34. The van der Waals surface area contributed by atoms with Gasteiger partial charge in [0.15, 0.2) is 0 Å². The second kappa shape index (κ2) is 7.01. The van der Waals surface area contributed by atoms with Crippen molar-refractivity contribution in [3.05, 3.63) is 57.5 Å². The lowest BCUT2D eigenvalue weighted by atomic mass is 10.1. The summed E-state index contributed by atoms with van der Waals surface area (Å²) in [6.07, 6.45) is 0. The van der Waals surface area contributed by atoms with E-state index in [0.29, 0.717) is 17.7 Å². The molecule has 0 unspecified atom stereocenters. The van der Waals surface area contributed by atoms with Crippen LogP contribution in [-0.2, 0) is 13.1 Å². The standard InChI is InChI=1S/C17H18FN3S/c18-17-2-1-14(10-19)9-16(17)12-21-6-4-20(5-7-21)11-15-3-8-22-13-15/h1-3,8-9,13H,4-7,11-12H2. The number of benzene rings is 1. The zero-order valence-electron chi connectivity index (χ0n) is 12.3. The summed E-state index contributed by atoms with van der Waals surface area (Å²) >= 11 is 1.73. The molecule has 0 saturated carbocycles. The molecule has 0 aliphatic carbocycles. The molecule has 0 spiro atoms. The highest BCUT2D eigenvalue weighted by Crippen LogP contribution is 2.16. The number of piperazine rings is 1. The van der Waals surface area contributed by atoms with Gasteiger partial charge in [-0.1, -0.05) is 0 Å². The number of hydrogen-bond acceptors (Lipinski definition) is 4. The van der Waals surface area contributed by atoms with E-state index in [9.17, 15) is 4.39 Å². The summed E-state index contributed by atoms with van der Waals surface area (Å²) < 4.78 is 13.8. The van der Waals surface area contributed by atoms with E-state index in [1.165, 1.54) is 17.7 Å². The normalized spacial score (nSPS) is 16.5. The Labute approximate surface area is 134 Å². The highest BCUT2D eigenvalue weighted by atomic mass is 32.1. The largest absolute Gasteiger partial charge is 0.297 e. The Morgan fingerprint density at radius 1 is 1.09 bits per heavy atom. The fraction of sp³-hybridized carbons (Fsp3) is 0.353. The summed E-state index contributed by atoms with van der Waals surface area (Å²) in [4.78, 5) is 4.68. The summed E-state index contributed by atoms with van der Waals surface area (Å²) in [5, 5.41) is 13.2. The Hall–Kier alpha value is -1.74. The predicted molar refractivity (Wildman–Crippen MR) is 86.0 cm³/mol. The van der Waals surface area contributed by atoms with Crippen LogP contribution in [0.2, 0.25) is 0 Å². The fourth-order valence-electron chi connectivity index (χ4n) is 2.75. The van der Waals surface area contributed by atoms with E-state index in [2.05, 4.69) is 32.7 Å². The number of nitrogens with zero attached hydrogens (tertiary/aromatic N) is 3. The molecule has 1 aliphatic rings. The lowest BCUT2D eigenvalue weighted by Crippen LogP contribution is -2.45. The number of hydrogen-bond donors (Lipinski definition) is 0. The van der Waals surface area contributed by atoms with Gasteiger partial charge in [0.2, 0.25) is 0 Å². The maximum atomic E-state index is 13.8. The van der Waals surface area contributed by atoms with E-state index >= 15 is 0 Å². The van der Waals surface area contributed by atoms with Crippen LogP contribution >= 0.6 is 11.3 Å². The molecule has 3 nitrogen and oxygen atoms in total. The summed E-state index contributed by atoms with van der Waals surface area (Å²) in [6.45, 7) is 5.43. The second-order valence-corrected chi connectivity index (χ2v) is 6.38. The highest BCUT2D eigenvalue weighted by Gasteiger charge is 2.18. The Kier molecular flexibility index (Phi) is 4.84. The molecular weight excluding hydrogens is 297 g/mol. The molecular formula is C17H18FN3S. The lowest BCUT2D eigenvalue weighted by molar-refractivity contribution is 0.121. The maximum Gasteiger partial charge on any atom is 0.127 e. The molecule has 1 aromatic heterocycles.